The first-order chi connectivity index (χ1) is 10.9. The highest BCUT2D eigenvalue weighted by molar-refractivity contribution is 5.97. The summed E-state index contributed by atoms with van der Waals surface area (Å²) in [4.78, 5) is 24.1. The van der Waals surface area contributed by atoms with Gasteiger partial charge in [0.25, 0.3) is 5.91 Å². The van der Waals surface area contributed by atoms with E-state index in [1.165, 1.54) is 13.0 Å². The van der Waals surface area contributed by atoms with Gasteiger partial charge in [-0.2, -0.15) is 0 Å². The van der Waals surface area contributed by atoms with Crippen molar-refractivity contribution in [1.82, 2.24) is 0 Å². The lowest BCUT2D eigenvalue weighted by atomic mass is 10.1. The number of ether oxygens (including phenoxy) is 1. The zero-order valence-electron chi connectivity index (χ0n) is 13.3. The molecule has 1 atom stereocenters. The number of anilines is 1. The third kappa shape index (κ3) is 4.10. The molecule has 0 bridgehead atoms. The van der Waals surface area contributed by atoms with Crippen LogP contribution in [0.2, 0.25) is 0 Å². The Morgan fingerprint density at radius 1 is 1.09 bits per heavy atom. The summed E-state index contributed by atoms with van der Waals surface area (Å²) in [5.74, 6) is -1.06. The topological polar surface area (TPSA) is 75.6 Å². The Morgan fingerprint density at radius 3 is 2.43 bits per heavy atom. The zero-order chi connectivity index (χ0) is 17.0. The van der Waals surface area contributed by atoms with Crippen LogP contribution in [0.1, 0.15) is 28.4 Å². The Balaban J connectivity index is 2.01. The third-order valence-corrected chi connectivity index (χ3v) is 3.50. The number of carbonyl (C=O) groups excluding carboxylic acids is 2. The molecule has 0 saturated carbocycles. The van der Waals surface area contributed by atoms with E-state index >= 15 is 0 Å². The molecule has 2 aromatic rings. The van der Waals surface area contributed by atoms with Gasteiger partial charge in [-0.25, -0.2) is 4.79 Å². The van der Waals surface area contributed by atoms with Gasteiger partial charge in [0, 0.05) is 5.69 Å². The number of aromatic hydroxyl groups is 1. The predicted molar refractivity (Wildman–Crippen MR) is 87.5 cm³/mol. The summed E-state index contributed by atoms with van der Waals surface area (Å²) >= 11 is 0. The van der Waals surface area contributed by atoms with Gasteiger partial charge < -0.3 is 15.2 Å². The molecule has 0 aliphatic carbocycles. The van der Waals surface area contributed by atoms with Crippen molar-refractivity contribution < 1.29 is 19.4 Å². The fraction of sp³-hybridized carbons (Fsp3) is 0.222. The standard InChI is InChI=1S/C18H19NO4/c1-11-6-4-5-7-15(11)19-17(21)13(3)23-18(22)14-9-8-12(2)16(20)10-14/h4-10,13,20H,1-3H3,(H,19,21). The number of phenols is 1. The minimum Gasteiger partial charge on any atom is -0.508 e. The maximum atomic E-state index is 12.1. The average molecular weight is 313 g/mol. The second-order valence-corrected chi connectivity index (χ2v) is 5.35. The Bertz CT molecular complexity index is 740. The maximum Gasteiger partial charge on any atom is 0.339 e. The van der Waals surface area contributed by atoms with Gasteiger partial charge in [0.05, 0.1) is 5.56 Å². The Labute approximate surface area is 134 Å². The highest BCUT2D eigenvalue weighted by Gasteiger charge is 2.20. The fourth-order valence-electron chi connectivity index (χ4n) is 1.97. The van der Waals surface area contributed by atoms with Crippen LogP contribution in [-0.2, 0) is 9.53 Å². The number of hydrogen-bond donors (Lipinski definition) is 2. The summed E-state index contributed by atoms with van der Waals surface area (Å²) in [5.41, 5.74) is 2.45. The molecule has 2 rings (SSSR count). The molecule has 120 valence electrons. The van der Waals surface area contributed by atoms with E-state index in [0.717, 1.165) is 5.56 Å². The Morgan fingerprint density at radius 2 is 1.78 bits per heavy atom. The first-order valence-corrected chi connectivity index (χ1v) is 7.25. The lowest BCUT2D eigenvalue weighted by Gasteiger charge is -2.15. The lowest BCUT2D eigenvalue weighted by molar-refractivity contribution is -0.123. The van der Waals surface area contributed by atoms with Crippen molar-refractivity contribution in [1.29, 1.82) is 0 Å². The van der Waals surface area contributed by atoms with Crippen molar-refractivity contribution in [3.63, 3.8) is 0 Å². The van der Waals surface area contributed by atoms with E-state index in [1.54, 1.807) is 25.1 Å². The Kier molecular flexibility index (Phi) is 5.01. The van der Waals surface area contributed by atoms with Gasteiger partial charge in [-0.3, -0.25) is 4.79 Å². The van der Waals surface area contributed by atoms with Crippen molar-refractivity contribution in [3.8, 4) is 5.75 Å². The van der Waals surface area contributed by atoms with Gasteiger partial charge in [0.2, 0.25) is 0 Å². The van der Waals surface area contributed by atoms with Crippen LogP contribution < -0.4 is 5.32 Å². The van der Waals surface area contributed by atoms with Crippen molar-refractivity contribution in [2.24, 2.45) is 0 Å². The van der Waals surface area contributed by atoms with Gasteiger partial charge in [-0.15, -0.1) is 0 Å². The van der Waals surface area contributed by atoms with Gasteiger partial charge in [0.15, 0.2) is 6.10 Å². The fourth-order valence-corrected chi connectivity index (χ4v) is 1.97. The number of benzene rings is 2. The van der Waals surface area contributed by atoms with E-state index in [-0.39, 0.29) is 11.3 Å². The smallest absolute Gasteiger partial charge is 0.339 e. The van der Waals surface area contributed by atoms with Gasteiger partial charge in [-0.05, 0) is 50.1 Å². The predicted octanol–water partition coefficient (Wildman–Crippen LogP) is 3.19. The van der Waals surface area contributed by atoms with E-state index in [9.17, 15) is 14.7 Å². The van der Waals surface area contributed by atoms with Crippen LogP contribution in [0.15, 0.2) is 42.5 Å². The van der Waals surface area contributed by atoms with E-state index in [4.69, 9.17) is 4.74 Å². The normalized spacial score (nSPS) is 11.6. The molecule has 0 aromatic heterocycles. The monoisotopic (exact) mass is 313 g/mol. The number of aryl methyl sites for hydroxylation is 2. The van der Waals surface area contributed by atoms with Crippen molar-refractivity contribution >= 4 is 17.6 Å². The molecule has 23 heavy (non-hydrogen) atoms. The van der Waals surface area contributed by atoms with Gasteiger partial charge in [0.1, 0.15) is 5.75 Å². The number of nitrogens with one attached hydrogen (secondary N) is 1. The molecule has 0 spiro atoms. The minimum atomic E-state index is -0.953. The average Bonchev–Trinajstić information content (AvgIpc) is 2.52. The second-order valence-electron chi connectivity index (χ2n) is 5.35. The van der Waals surface area contributed by atoms with Gasteiger partial charge in [-0.1, -0.05) is 24.3 Å². The molecule has 0 aliphatic heterocycles. The molecule has 5 heteroatoms. The quantitative estimate of drug-likeness (QED) is 0.850. The molecule has 2 N–H and O–H groups in total. The number of hydrogen-bond acceptors (Lipinski definition) is 4. The summed E-state index contributed by atoms with van der Waals surface area (Å²) in [7, 11) is 0. The number of amides is 1. The van der Waals surface area contributed by atoms with Crippen LogP contribution in [0.4, 0.5) is 5.69 Å². The first kappa shape index (κ1) is 16.5. The SMILES string of the molecule is Cc1ccc(C(=O)OC(C)C(=O)Nc2ccccc2C)cc1O. The van der Waals surface area contributed by atoms with Crippen LogP contribution in [0.3, 0.4) is 0 Å². The summed E-state index contributed by atoms with van der Waals surface area (Å²) in [5, 5.41) is 12.4. The molecule has 0 saturated heterocycles. The van der Waals surface area contributed by atoms with Crippen LogP contribution >= 0.6 is 0 Å². The minimum absolute atomic E-state index is 0.0106. The second kappa shape index (κ2) is 6.96. The zero-order valence-corrected chi connectivity index (χ0v) is 13.3. The lowest BCUT2D eigenvalue weighted by Crippen LogP contribution is -2.30. The summed E-state index contributed by atoms with van der Waals surface area (Å²) in [6, 6.07) is 11.8. The largest absolute Gasteiger partial charge is 0.508 e. The Hall–Kier alpha value is -2.82. The number of esters is 1. The number of para-hydroxylation sites is 1. The number of rotatable bonds is 4. The highest BCUT2D eigenvalue weighted by atomic mass is 16.5. The van der Waals surface area contributed by atoms with Crippen LogP contribution in [-0.4, -0.2) is 23.1 Å². The van der Waals surface area contributed by atoms with E-state index in [0.29, 0.717) is 11.3 Å². The van der Waals surface area contributed by atoms with Gasteiger partial charge >= 0.3 is 5.97 Å². The van der Waals surface area contributed by atoms with E-state index in [1.807, 2.05) is 25.1 Å². The van der Waals surface area contributed by atoms with E-state index < -0.39 is 18.0 Å². The number of carbonyl (C=O) groups is 2. The molecule has 0 fully saturated rings. The van der Waals surface area contributed by atoms with Crippen LogP contribution in [0, 0.1) is 13.8 Å². The number of phenolic OH excluding ortho intramolecular Hbond substituents is 1. The van der Waals surface area contributed by atoms with Crippen molar-refractivity contribution in [3.05, 3.63) is 59.2 Å². The molecule has 5 nitrogen and oxygen atoms in total. The molecule has 1 amide bonds. The maximum absolute atomic E-state index is 12.1. The van der Waals surface area contributed by atoms with Crippen molar-refractivity contribution in [2.45, 2.75) is 26.9 Å². The van der Waals surface area contributed by atoms with Crippen LogP contribution in [0.25, 0.3) is 0 Å². The summed E-state index contributed by atoms with van der Waals surface area (Å²) in [6.07, 6.45) is -0.953. The third-order valence-electron chi connectivity index (χ3n) is 3.50. The van der Waals surface area contributed by atoms with Crippen LogP contribution in [0.5, 0.6) is 5.75 Å². The molecular weight excluding hydrogens is 294 g/mol. The molecule has 0 heterocycles. The molecule has 0 aliphatic rings. The summed E-state index contributed by atoms with van der Waals surface area (Å²) < 4.78 is 5.14. The molecule has 1 unspecified atom stereocenters. The molecule has 0 radical (unpaired) electrons. The molecular formula is C18H19NO4. The first-order valence-electron chi connectivity index (χ1n) is 7.25. The molecule has 2 aromatic carbocycles. The van der Waals surface area contributed by atoms with E-state index in [2.05, 4.69) is 5.32 Å². The van der Waals surface area contributed by atoms with Crippen molar-refractivity contribution in [2.75, 3.05) is 5.32 Å². The summed E-state index contributed by atoms with van der Waals surface area (Å²) in [6.45, 7) is 5.10. The highest BCUT2D eigenvalue weighted by Crippen LogP contribution is 2.19.